The van der Waals surface area contributed by atoms with Crippen LogP contribution in [0.15, 0.2) is 91.0 Å². The smallest absolute Gasteiger partial charge is 0.303 e. The molecule has 0 aliphatic carbocycles. The molecular weight excluding hydrogens is 576 g/mol. The Kier molecular flexibility index (Phi) is 11.7. The van der Waals surface area contributed by atoms with E-state index in [1.807, 2.05) is 112 Å². The molecule has 1 N–H and O–H groups in total. The normalized spacial score (nSPS) is 31.8. The van der Waals surface area contributed by atoms with E-state index < -0.39 is 67.2 Å². The highest BCUT2D eigenvalue weighted by Crippen LogP contribution is 2.34. The van der Waals surface area contributed by atoms with E-state index >= 15 is 0 Å². The van der Waals surface area contributed by atoms with Crippen molar-refractivity contribution >= 4 is 5.97 Å². The molecule has 3 aromatic carbocycles. The number of rotatable bonds is 12. The summed E-state index contributed by atoms with van der Waals surface area (Å²) in [6.45, 7) is 7.82. The Bertz CT molecular complexity index is 1310. The Hall–Kier alpha value is -3.15. The molecule has 2 heterocycles. The molecule has 4 unspecified atom stereocenters. The molecule has 5 rings (SSSR count). The van der Waals surface area contributed by atoms with Gasteiger partial charge in [-0.25, -0.2) is 0 Å². The summed E-state index contributed by atoms with van der Waals surface area (Å²) in [6, 6.07) is 29.3. The van der Waals surface area contributed by atoms with Crippen LogP contribution in [0, 0.1) is 0 Å². The standard InChI is InChI=1S/C36H44O9/c1-23-32(40-21-28-16-10-6-11-17-28)35(33(25(3)42-23)44-26(4)37)45-36-30(38)34(41-22-29-18-12-7-13-19-29)31(24(2)43-36)39-20-27-14-8-5-9-15-27/h5-19,23-25,30-36,38H,20-22H2,1-4H3/t23?,24?,25-,30?,31-,32-,33?,34+,35-,36-/m0/s1. The van der Waals surface area contributed by atoms with Crippen molar-refractivity contribution in [2.24, 2.45) is 0 Å². The Morgan fingerprint density at radius 1 is 0.600 bits per heavy atom. The van der Waals surface area contributed by atoms with E-state index in [9.17, 15) is 9.90 Å². The second-order valence-electron chi connectivity index (χ2n) is 11.7. The molecule has 0 aromatic heterocycles. The van der Waals surface area contributed by atoms with E-state index in [0.29, 0.717) is 13.2 Å². The van der Waals surface area contributed by atoms with Crippen LogP contribution in [0.5, 0.6) is 0 Å². The van der Waals surface area contributed by atoms with E-state index in [2.05, 4.69) is 0 Å². The average Bonchev–Trinajstić information content (AvgIpc) is 3.04. The van der Waals surface area contributed by atoms with Crippen molar-refractivity contribution in [1.29, 1.82) is 0 Å². The molecule has 9 nitrogen and oxygen atoms in total. The first-order valence-electron chi connectivity index (χ1n) is 15.6. The summed E-state index contributed by atoms with van der Waals surface area (Å²) in [7, 11) is 0. The molecule has 0 saturated carbocycles. The largest absolute Gasteiger partial charge is 0.457 e. The quantitative estimate of drug-likeness (QED) is 0.281. The lowest BCUT2D eigenvalue weighted by Crippen LogP contribution is -2.64. The van der Waals surface area contributed by atoms with Crippen LogP contribution in [-0.2, 0) is 57.8 Å². The summed E-state index contributed by atoms with van der Waals surface area (Å²) in [5.41, 5.74) is 2.92. The molecule has 10 atom stereocenters. The minimum Gasteiger partial charge on any atom is -0.457 e. The van der Waals surface area contributed by atoms with Crippen molar-refractivity contribution in [3.05, 3.63) is 108 Å². The van der Waals surface area contributed by atoms with Gasteiger partial charge in [0.1, 0.15) is 30.5 Å². The Morgan fingerprint density at radius 3 is 1.47 bits per heavy atom. The van der Waals surface area contributed by atoms with Crippen LogP contribution in [0.2, 0.25) is 0 Å². The topological polar surface area (TPSA) is 102 Å². The fraction of sp³-hybridized carbons (Fsp3) is 0.472. The number of hydrogen-bond acceptors (Lipinski definition) is 9. The Morgan fingerprint density at radius 2 is 1.00 bits per heavy atom. The molecule has 0 amide bonds. The number of ether oxygens (including phenoxy) is 7. The number of carbonyl (C=O) groups is 1. The van der Waals surface area contributed by atoms with E-state index in [1.54, 1.807) is 0 Å². The predicted octanol–water partition coefficient (Wildman–Crippen LogP) is 4.97. The van der Waals surface area contributed by atoms with Crippen molar-refractivity contribution in [1.82, 2.24) is 0 Å². The third kappa shape index (κ3) is 8.77. The first-order chi connectivity index (χ1) is 21.8. The van der Waals surface area contributed by atoms with Gasteiger partial charge in [-0.05, 0) is 37.5 Å². The van der Waals surface area contributed by atoms with Gasteiger partial charge in [-0.15, -0.1) is 0 Å². The summed E-state index contributed by atoms with van der Waals surface area (Å²) in [4.78, 5) is 12.2. The second-order valence-corrected chi connectivity index (χ2v) is 11.7. The number of aliphatic hydroxyl groups is 1. The maximum Gasteiger partial charge on any atom is 0.303 e. The van der Waals surface area contributed by atoms with E-state index in [-0.39, 0.29) is 6.61 Å². The summed E-state index contributed by atoms with van der Waals surface area (Å²) in [5.74, 6) is -0.475. The molecule has 45 heavy (non-hydrogen) atoms. The summed E-state index contributed by atoms with van der Waals surface area (Å²) in [5, 5.41) is 11.8. The minimum atomic E-state index is -1.23. The molecule has 242 valence electrons. The van der Waals surface area contributed by atoms with Crippen LogP contribution >= 0.6 is 0 Å². The maximum absolute atomic E-state index is 12.2. The van der Waals surface area contributed by atoms with Crippen LogP contribution in [-0.4, -0.2) is 72.3 Å². The zero-order valence-corrected chi connectivity index (χ0v) is 26.3. The van der Waals surface area contributed by atoms with Gasteiger partial charge in [-0.2, -0.15) is 0 Å². The molecule has 2 aliphatic rings. The van der Waals surface area contributed by atoms with Crippen molar-refractivity contribution in [2.45, 2.75) is 109 Å². The molecule has 9 heteroatoms. The Labute approximate surface area is 265 Å². The predicted molar refractivity (Wildman–Crippen MR) is 166 cm³/mol. The number of carbonyl (C=O) groups excluding carboxylic acids is 1. The lowest BCUT2D eigenvalue weighted by Gasteiger charge is -2.48. The van der Waals surface area contributed by atoms with Crippen LogP contribution in [0.25, 0.3) is 0 Å². The first kappa shape index (κ1) is 33.2. The van der Waals surface area contributed by atoms with Crippen molar-refractivity contribution in [3.8, 4) is 0 Å². The third-order valence-electron chi connectivity index (χ3n) is 8.20. The zero-order valence-electron chi connectivity index (χ0n) is 26.3. The van der Waals surface area contributed by atoms with Crippen LogP contribution in [0.1, 0.15) is 44.4 Å². The summed E-state index contributed by atoms with van der Waals surface area (Å²) in [6.07, 6.45) is -7.37. The van der Waals surface area contributed by atoms with Crippen LogP contribution < -0.4 is 0 Å². The van der Waals surface area contributed by atoms with E-state index in [1.165, 1.54) is 6.92 Å². The molecule has 0 bridgehead atoms. The van der Waals surface area contributed by atoms with Gasteiger partial charge in [-0.3, -0.25) is 4.79 Å². The highest BCUT2D eigenvalue weighted by molar-refractivity contribution is 5.66. The van der Waals surface area contributed by atoms with Gasteiger partial charge in [0.2, 0.25) is 0 Å². The summed E-state index contributed by atoms with van der Waals surface area (Å²) < 4.78 is 43.8. The monoisotopic (exact) mass is 620 g/mol. The molecule has 2 saturated heterocycles. The van der Waals surface area contributed by atoms with Gasteiger partial charge in [0, 0.05) is 6.92 Å². The lowest BCUT2D eigenvalue weighted by atomic mass is 9.94. The van der Waals surface area contributed by atoms with Gasteiger partial charge in [0.15, 0.2) is 12.4 Å². The maximum atomic E-state index is 12.2. The molecular formula is C36H44O9. The van der Waals surface area contributed by atoms with Crippen LogP contribution in [0.4, 0.5) is 0 Å². The van der Waals surface area contributed by atoms with E-state index in [0.717, 1.165) is 16.7 Å². The van der Waals surface area contributed by atoms with Crippen molar-refractivity contribution in [2.75, 3.05) is 0 Å². The fourth-order valence-corrected chi connectivity index (χ4v) is 5.93. The number of aliphatic hydroxyl groups excluding tert-OH is 1. The second kappa shape index (κ2) is 15.9. The number of esters is 1. The highest BCUT2D eigenvalue weighted by Gasteiger charge is 2.52. The van der Waals surface area contributed by atoms with Gasteiger partial charge in [-0.1, -0.05) is 91.0 Å². The van der Waals surface area contributed by atoms with Gasteiger partial charge >= 0.3 is 5.97 Å². The molecule has 0 radical (unpaired) electrons. The van der Waals surface area contributed by atoms with Crippen molar-refractivity contribution < 1.29 is 43.1 Å². The van der Waals surface area contributed by atoms with Gasteiger partial charge < -0.3 is 38.3 Å². The summed E-state index contributed by atoms with van der Waals surface area (Å²) >= 11 is 0. The van der Waals surface area contributed by atoms with Crippen LogP contribution in [0.3, 0.4) is 0 Å². The average molecular weight is 621 g/mol. The van der Waals surface area contributed by atoms with E-state index in [4.69, 9.17) is 33.2 Å². The molecule has 2 aliphatic heterocycles. The SMILES string of the molecule is CC(=O)OC1[C@H](C)OC(C)[C@H](OCc2ccccc2)[C@@H]1O[C@@H]1OC(C)[C@H](OCc2ccccc2)[C@H](OCc2ccccc2)C1O. The molecule has 3 aromatic rings. The molecule has 0 spiro atoms. The lowest BCUT2D eigenvalue weighted by molar-refractivity contribution is -0.346. The number of hydrogen-bond donors (Lipinski definition) is 1. The number of benzene rings is 3. The minimum absolute atomic E-state index is 0.261. The highest BCUT2D eigenvalue weighted by atomic mass is 16.7. The fourth-order valence-electron chi connectivity index (χ4n) is 5.93. The zero-order chi connectivity index (χ0) is 31.8. The van der Waals surface area contributed by atoms with Gasteiger partial charge in [0.25, 0.3) is 0 Å². The van der Waals surface area contributed by atoms with Crippen molar-refractivity contribution in [3.63, 3.8) is 0 Å². The third-order valence-corrected chi connectivity index (χ3v) is 8.20. The first-order valence-corrected chi connectivity index (χ1v) is 15.6. The molecule has 2 fully saturated rings. The Balaban J connectivity index is 1.38. The van der Waals surface area contributed by atoms with Gasteiger partial charge in [0.05, 0.1) is 38.1 Å².